The van der Waals surface area contributed by atoms with Gasteiger partial charge in [-0.15, -0.1) is 0 Å². The Morgan fingerprint density at radius 1 is 1.20 bits per heavy atom. The van der Waals surface area contributed by atoms with E-state index in [4.69, 9.17) is 0 Å². The summed E-state index contributed by atoms with van der Waals surface area (Å²) < 4.78 is 0. The fraction of sp³-hybridized carbons (Fsp3) is 0.789. The van der Waals surface area contributed by atoms with Crippen LogP contribution in [0.4, 0.5) is 0 Å². The second-order valence-electron chi connectivity index (χ2n) is 7.09. The first-order valence-corrected chi connectivity index (χ1v) is 8.61. The lowest BCUT2D eigenvalue weighted by molar-refractivity contribution is 0.336. The van der Waals surface area contributed by atoms with Crippen molar-refractivity contribution in [1.29, 1.82) is 0 Å². The van der Waals surface area contributed by atoms with Gasteiger partial charge in [-0.3, -0.25) is 0 Å². The lowest BCUT2D eigenvalue weighted by Gasteiger charge is -2.29. The highest BCUT2D eigenvalue weighted by Crippen LogP contribution is 2.33. The summed E-state index contributed by atoms with van der Waals surface area (Å²) in [5.74, 6) is 2.88. The molecule has 116 valence electrons. The Kier molecular flexibility index (Phi) is 7.40. The number of allylic oxidation sites excluding steroid dienone is 3. The molecular formula is C19H35N. The third-order valence-corrected chi connectivity index (χ3v) is 4.88. The van der Waals surface area contributed by atoms with Gasteiger partial charge in [0.25, 0.3) is 0 Å². The molecule has 0 saturated carbocycles. The molecule has 1 heterocycles. The fourth-order valence-electron chi connectivity index (χ4n) is 3.10. The molecule has 0 aromatic carbocycles. The lowest BCUT2D eigenvalue weighted by Crippen LogP contribution is -2.21. The van der Waals surface area contributed by atoms with E-state index < -0.39 is 0 Å². The maximum absolute atomic E-state index is 3.63. The second-order valence-corrected chi connectivity index (χ2v) is 7.09. The molecule has 0 aromatic heterocycles. The van der Waals surface area contributed by atoms with Crippen LogP contribution in [-0.4, -0.2) is 0 Å². The predicted molar refractivity (Wildman–Crippen MR) is 90.4 cm³/mol. The summed E-state index contributed by atoms with van der Waals surface area (Å²) in [6.45, 7) is 14.1. The molecule has 0 aliphatic carbocycles. The second kappa shape index (κ2) is 8.54. The van der Waals surface area contributed by atoms with Crippen LogP contribution < -0.4 is 5.32 Å². The van der Waals surface area contributed by atoms with E-state index in [1.54, 1.807) is 5.57 Å². The molecule has 0 aromatic rings. The van der Waals surface area contributed by atoms with E-state index >= 15 is 0 Å². The third-order valence-electron chi connectivity index (χ3n) is 4.88. The molecule has 2 atom stereocenters. The zero-order valence-corrected chi connectivity index (χ0v) is 14.5. The summed E-state index contributed by atoms with van der Waals surface area (Å²) in [5, 5.41) is 3.63. The van der Waals surface area contributed by atoms with E-state index in [9.17, 15) is 0 Å². The summed E-state index contributed by atoms with van der Waals surface area (Å²) in [5.41, 5.74) is 3.15. The van der Waals surface area contributed by atoms with Gasteiger partial charge in [-0.2, -0.15) is 0 Å². The molecule has 1 heteroatoms. The highest BCUT2D eigenvalue weighted by Gasteiger charge is 2.21. The van der Waals surface area contributed by atoms with Gasteiger partial charge in [0.2, 0.25) is 0 Å². The van der Waals surface area contributed by atoms with Crippen LogP contribution in [0.2, 0.25) is 0 Å². The van der Waals surface area contributed by atoms with E-state index in [1.165, 1.54) is 37.8 Å². The Morgan fingerprint density at radius 2 is 1.90 bits per heavy atom. The van der Waals surface area contributed by atoms with Gasteiger partial charge in [0.1, 0.15) is 0 Å². The van der Waals surface area contributed by atoms with Crippen LogP contribution >= 0.6 is 0 Å². The minimum Gasteiger partial charge on any atom is -0.365 e. The first kappa shape index (κ1) is 17.3. The van der Waals surface area contributed by atoms with Gasteiger partial charge in [0.15, 0.2) is 0 Å². The standard InChI is InChI=1S/C19H35N/c1-7-16(6)19-18(15(4)5)13-17(14(2)3)11-9-8-10-12-20-19/h10,12,14-17,20H,7-9,11,13H2,1-6H3/b12-10-,19-18+. The summed E-state index contributed by atoms with van der Waals surface area (Å²) in [6, 6.07) is 0. The van der Waals surface area contributed by atoms with Gasteiger partial charge in [-0.05, 0) is 67.5 Å². The molecule has 0 spiro atoms. The molecule has 0 fully saturated rings. The van der Waals surface area contributed by atoms with Crippen molar-refractivity contribution in [2.45, 2.75) is 73.6 Å². The predicted octanol–water partition coefficient (Wildman–Crippen LogP) is 5.89. The number of nitrogens with one attached hydrogen (secondary N) is 1. The Hall–Kier alpha value is -0.720. The fourth-order valence-corrected chi connectivity index (χ4v) is 3.10. The number of hydrogen-bond donors (Lipinski definition) is 1. The van der Waals surface area contributed by atoms with Crippen molar-refractivity contribution in [3.8, 4) is 0 Å². The van der Waals surface area contributed by atoms with Crippen molar-refractivity contribution in [3.63, 3.8) is 0 Å². The first-order chi connectivity index (χ1) is 9.47. The molecule has 20 heavy (non-hydrogen) atoms. The van der Waals surface area contributed by atoms with E-state index in [2.05, 4.69) is 59.1 Å². The third kappa shape index (κ3) is 5.00. The average Bonchev–Trinajstić information content (AvgIpc) is 2.41. The summed E-state index contributed by atoms with van der Waals surface area (Å²) in [7, 11) is 0. The molecule has 1 aliphatic rings. The van der Waals surface area contributed by atoms with Crippen LogP contribution in [0.5, 0.6) is 0 Å². The molecule has 1 N–H and O–H groups in total. The SMILES string of the molecule is CCC(C)/C1=C(\C(C)C)CC(C(C)C)CCC/C=C\N1. The van der Waals surface area contributed by atoms with Crippen molar-refractivity contribution >= 4 is 0 Å². The Morgan fingerprint density at radius 3 is 2.45 bits per heavy atom. The van der Waals surface area contributed by atoms with Crippen LogP contribution in [0.1, 0.15) is 73.6 Å². The highest BCUT2D eigenvalue weighted by atomic mass is 14.9. The zero-order valence-electron chi connectivity index (χ0n) is 14.5. The quantitative estimate of drug-likeness (QED) is 0.675. The maximum Gasteiger partial charge on any atom is 0.0169 e. The largest absolute Gasteiger partial charge is 0.365 e. The molecule has 1 nitrogen and oxygen atoms in total. The summed E-state index contributed by atoms with van der Waals surface area (Å²) in [4.78, 5) is 0. The number of rotatable bonds is 4. The zero-order chi connectivity index (χ0) is 15.1. The van der Waals surface area contributed by atoms with Gasteiger partial charge in [0.05, 0.1) is 0 Å². The highest BCUT2D eigenvalue weighted by molar-refractivity contribution is 5.20. The Balaban J connectivity index is 3.12. The molecule has 1 aliphatic heterocycles. The van der Waals surface area contributed by atoms with Crippen molar-refractivity contribution in [1.82, 2.24) is 5.32 Å². The van der Waals surface area contributed by atoms with Crippen molar-refractivity contribution in [2.75, 3.05) is 0 Å². The van der Waals surface area contributed by atoms with Crippen LogP contribution in [0.3, 0.4) is 0 Å². The maximum atomic E-state index is 3.63. The van der Waals surface area contributed by atoms with E-state index in [-0.39, 0.29) is 0 Å². The average molecular weight is 277 g/mol. The van der Waals surface area contributed by atoms with Crippen molar-refractivity contribution in [2.24, 2.45) is 23.7 Å². The lowest BCUT2D eigenvalue weighted by atomic mass is 9.80. The van der Waals surface area contributed by atoms with Crippen LogP contribution in [0, 0.1) is 23.7 Å². The van der Waals surface area contributed by atoms with E-state index in [0.717, 1.165) is 11.8 Å². The van der Waals surface area contributed by atoms with Crippen LogP contribution in [-0.2, 0) is 0 Å². The molecule has 1 rings (SSSR count). The van der Waals surface area contributed by atoms with Crippen LogP contribution in [0.25, 0.3) is 0 Å². The summed E-state index contributed by atoms with van der Waals surface area (Å²) in [6.07, 6.45) is 10.9. The van der Waals surface area contributed by atoms with Gasteiger partial charge >= 0.3 is 0 Å². The monoisotopic (exact) mass is 277 g/mol. The van der Waals surface area contributed by atoms with Gasteiger partial charge in [0, 0.05) is 5.70 Å². The minimum atomic E-state index is 0.629. The first-order valence-electron chi connectivity index (χ1n) is 8.61. The molecular weight excluding hydrogens is 242 g/mol. The van der Waals surface area contributed by atoms with Gasteiger partial charge in [-0.25, -0.2) is 0 Å². The van der Waals surface area contributed by atoms with Gasteiger partial charge < -0.3 is 5.32 Å². The van der Waals surface area contributed by atoms with Crippen molar-refractivity contribution in [3.05, 3.63) is 23.5 Å². The molecule has 0 radical (unpaired) electrons. The molecule has 0 bridgehead atoms. The topological polar surface area (TPSA) is 12.0 Å². The summed E-state index contributed by atoms with van der Waals surface area (Å²) >= 11 is 0. The normalized spacial score (nSPS) is 28.3. The van der Waals surface area contributed by atoms with E-state index in [0.29, 0.717) is 11.8 Å². The van der Waals surface area contributed by atoms with Crippen LogP contribution in [0.15, 0.2) is 23.5 Å². The smallest absolute Gasteiger partial charge is 0.0169 e. The molecule has 0 amide bonds. The number of hydrogen-bond acceptors (Lipinski definition) is 1. The molecule has 0 saturated heterocycles. The van der Waals surface area contributed by atoms with Crippen molar-refractivity contribution < 1.29 is 0 Å². The molecule has 2 unspecified atom stereocenters. The Bertz CT molecular complexity index is 336. The Labute approximate surface area is 126 Å². The van der Waals surface area contributed by atoms with E-state index in [1.807, 2.05) is 0 Å². The van der Waals surface area contributed by atoms with Gasteiger partial charge in [-0.1, -0.05) is 47.6 Å². The minimum absolute atomic E-state index is 0.629.